The van der Waals surface area contributed by atoms with Crippen molar-refractivity contribution in [3.05, 3.63) is 81.4 Å². The molecule has 1 amide bonds. The van der Waals surface area contributed by atoms with E-state index in [1.807, 2.05) is 30.0 Å². The number of amides is 1. The number of benzene rings is 1. The second-order valence-corrected chi connectivity index (χ2v) is 8.60. The van der Waals surface area contributed by atoms with Gasteiger partial charge in [0.15, 0.2) is 0 Å². The number of nitrogen functional groups attached to an aromatic ring is 1. The number of hydrogen-bond donors (Lipinski definition) is 1. The molecular formula is C24H26ClN5O. The summed E-state index contributed by atoms with van der Waals surface area (Å²) in [5, 5.41) is 0.742. The van der Waals surface area contributed by atoms with Gasteiger partial charge in [0.25, 0.3) is 5.91 Å². The number of aryl methyl sites for hydroxylation is 2. The Kier molecular flexibility index (Phi) is 6.18. The van der Waals surface area contributed by atoms with Gasteiger partial charge >= 0.3 is 0 Å². The minimum atomic E-state index is -0.0472. The molecule has 1 aliphatic rings. The molecule has 160 valence electrons. The maximum absolute atomic E-state index is 13.1. The Bertz CT molecular complexity index is 1120. The zero-order valence-electron chi connectivity index (χ0n) is 17.8. The lowest BCUT2D eigenvalue weighted by Gasteiger charge is -2.33. The Balaban J connectivity index is 1.54. The number of rotatable bonds is 4. The van der Waals surface area contributed by atoms with E-state index in [2.05, 4.69) is 28.2 Å². The first-order chi connectivity index (χ1) is 14.9. The van der Waals surface area contributed by atoms with Crippen molar-refractivity contribution in [3.8, 4) is 0 Å². The van der Waals surface area contributed by atoms with Gasteiger partial charge in [-0.15, -0.1) is 0 Å². The van der Waals surface area contributed by atoms with E-state index >= 15 is 0 Å². The number of likely N-dealkylation sites (tertiary alicyclic amines) is 1. The summed E-state index contributed by atoms with van der Waals surface area (Å²) in [5.41, 5.74) is 11.2. The van der Waals surface area contributed by atoms with Crippen molar-refractivity contribution in [2.24, 2.45) is 0 Å². The van der Waals surface area contributed by atoms with Crippen molar-refractivity contribution in [2.75, 3.05) is 18.8 Å². The second kappa shape index (κ2) is 9.02. The number of hydrogen-bond acceptors (Lipinski definition) is 5. The van der Waals surface area contributed by atoms with Gasteiger partial charge in [-0.2, -0.15) is 0 Å². The van der Waals surface area contributed by atoms with Gasteiger partial charge in [0, 0.05) is 41.6 Å². The molecule has 0 aliphatic carbocycles. The number of carbonyl (C=O) groups is 1. The lowest BCUT2D eigenvalue weighted by molar-refractivity contribution is 0.0704. The smallest absolute Gasteiger partial charge is 0.257 e. The predicted molar refractivity (Wildman–Crippen MR) is 122 cm³/mol. The van der Waals surface area contributed by atoms with Crippen LogP contribution in [0.2, 0.25) is 5.02 Å². The van der Waals surface area contributed by atoms with Crippen molar-refractivity contribution in [1.29, 1.82) is 0 Å². The normalized spacial score (nSPS) is 16.4. The maximum atomic E-state index is 13.1. The van der Waals surface area contributed by atoms with E-state index in [4.69, 9.17) is 22.3 Å². The summed E-state index contributed by atoms with van der Waals surface area (Å²) < 4.78 is 0. The fourth-order valence-corrected chi connectivity index (χ4v) is 4.44. The van der Waals surface area contributed by atoms with Crippen LogP contribution in [0.15, 0.2) is 42.6 Å². The highest BCUT2D eigenvalue weighted by atomic mass is 35.5. The van der Waals surface area contributed by atoms with Crippen molar-refractivity contribution >= 4 is 23.5 Å². The average molecular weight is 436 g/mol. The highest BCUT2D eigenvalue weighted by Gasteiger charge is 2.28. The minimum Gasteiger partial charge on any atom is -0.368 e. The maximum Gasteiger partial charge on any atom is 0.257 e. The predicted octanol–water partition coefficient (Wildman–Crippen LogP) is 4.33. The molecule has 2 aromatic heterocycles. The van der Waals surface area contributed by atoms with Gasteiger partial charge < -0.3 is 10.6 Å². The van der Waals surface area contributed by atoms with Crippen LogP contribution in [0.25, 0.3) is 0 Å². The van der Waals surface area contributed by atoms with E-state index in [-0.39, 0.29) is 17.8 Å². The van der Waals surface area contributed by atoms with Crippen LogP contribution in [-0.2, 0) is 6.42 Å². The van der Waals surface area contributed by atoms with Crippen molar-refractivity contribution in [2.45, 2.75) is 39.0 Å². The molecule has 1 aromatic carbocycles. The van der Waals surface area contributed by atoms with Gasteiger partial charge in [0.2, 0.25) is 5.95 Å². The van der Waals surface area contributed by atoms with E-state index in [9.17, 15) is 4.79 Å². The fraction of sp³-hybridized carbons (Fsp3) is 0.333. The quantitative estimate of drug-likeness (QED) is 0.659. The Hall–Kier alpha value is -2.99. The number of pyridine rings is 1. The van der Waals surface area contributed by atoms with E-state index < -0.39 is 0 Å². The van der Waals surface area contributed by atoms with E-state index in [1.165, 1.54) is 17.3 Å². The monoisotopic (exact) mass is 435 g/mol. The highest BCUT2D eigenvalue weighted by Crippen LogP contribution is 2.28. The summed E-state index contributed by atoms with van der Waals surface area (Å²) in [6.07, 6.45) is 4.27. The molecule has 31 heavy (non-hydrogen) atoms. The Morgan fingerprint density at radius 1 is 1.19 bits per heavy atom. The number of nitrogens with zero attached hydrogens (tertiary/aromatic N) is 4. The molecule has 0 saturated carbocycles. The van der Waals surface area contributed by atoms with Crippen LogP contribution in [-0.4, -0.2) is 38.8 Å². The number of carbonyl (C=O) groups excluding carboxylic acids is 1. The summed E-state index contributed by atoms with van der Waals surface area (Å²) in [5.74, 6) is 0.335. The summed E-state index contributed by atoms with van der Waals surface area (Å²) in [6.45, 7) is 5.17. The van der Waals surface area contributed by atoms with Crippen LogP contribution in [0, 0.1) is 13.8 Å². The van der Waals surface area contributed by atoms with Gasteiger partial charge in [-0.25, -0.2) is 9.97 Å². The van der Waals surface area contributed by atoms with Gasteiger partial charge in [-0.3, -0.25) is 9.78 Å². The molecule has 6 nitrogen and oxygen atoms in total. The molecule has 1 saturated heterocycles. The summed E-state index contributed by atoms with van der Waals surface area (Å²) in [6, 6.07) is 12.2. The van der Waals surface area contributed by atoms with Crippen LogP contribution >= 0.6 is 11.6 Å². The standard InChI is InChI=1S/C24H26ClN5O/c1-15-9-18(10-17-5-3-7-20(25)11-17)12-22(28-15)19-6-4-8-30(14-19)23(31)21-13-27-24(26)29-16(21)2/h3,5,7,9,11-13,19H,4,6,8,10,14H2,1-2H3,(H2,26,27,29)/t19-/m0/s1. The lowest BCUT2D eigenvalue weighted by Crippen LogP contribution is -2.39. The van der Waals surface area contributed by atoms with Crippen LogP contribution in [0.3, 0.4) is 0 Å². The molecule has 0 spiro atoms. The molecule has 3 aromatic rings. The van der Waals surface area contributed by atoms with Gasteiger partial charge in [0.1, 0.15) is 0 Å². The van der Waals surface area contributed by atoms with Gasteiger partial charge in [-0.1, -0.05) is 23.7 Å². The molecule has 0 unspecified atom stereocenters. The first-order valence-corrected chi connectivity index (χ1v) is 10.9. The van der Waals surface area contributed by atoms with Gasteiger partial charge in [0.05, 0.1) is 11.3 Å². The van der Waals surface area contributed by atoms with Gasteiger partial charge in [-0.05, 0) is 68.5 Å². The summed E-state index contributed by atoms with van der Waals surface area (Å²) in [4.78, 5) is 27.9. The van der Waals surface area contributed by atoms with Crippen molar-refractivity contribution in [3.63, 3.8) is 0 Å². The van der Waals surface area contributed by atoms with Crippen LogP contribution in [0.1, 0.15) is 57.3 Å². The van der Waals surface area contributed by atoms with E-state index in [1.54, 1.807) is 6.92 Å². The molecule has 4 rings (SSSR count). The molecule has 1 atom stereocenters. The number of nitrogens with two attached hydrogens (primary N) is 1. The zero-order valence-corrected chi connectivity index (χ0v) is 18.6. The first kappa shape index (κ1) is 21.2. The molecule has 0 radical (unpaired) electrons. The molecule has 1 aliphatic heterocycles. The van der Waals surface area contributed by atoms with Crippen molar-refractivity contribution < 1.29 is 4.79 Å². The topological polar surface area (TPSA) is 85.0 Å². The zero-order chi connectivity index (χ0) is 22.0. The number of halogens is 1. The van der Waals surface area contributed by atoms with Crippen molar-refractivity contribution in [1.82, 2.24) is 19.9 Å². The largest absolute Gasteiger partial charge is 0.368 e. The van der Waals surface area contributed by atoms with Crippen LogP contribution < -0.4 is 5.73 Å². The second-order valence-electron chi connectivity index (χ2n) is 8.17. The summed E-state index contributed by atoms with van der Waals surface area (Å²) >= 11 is 6.15. The Morgan fingerprint density at radius 2 is 2.03 bits per heavy atom. The molecule has 3 heterocycles. The number of aromatic nitrogens is 3. The molecule has 1 fully saturated rings. The minimum absolute atomic E-state index is 0.0472. The molecule has 7 heteroatoms. The van der Waals surface area contributed by atoms with Crippen LogP contribution in [0.4, 0.5) is 5.95 Å². The Labute approximate surface area is 187 Å². The SMILES string of the molecule is Cc1cc(Cc2cccc(Cl)c2)cc([C@H]2CCCN(C(=O)c3cnc(N)nc3C)C2)n1. The lowest BCUT2D eigenvalue weighted by atomic mass is 9.92. The highest BCUT2D eigenvalue weighted by molar-refractivity contribution is 6.30. The first-order valence-electron chi connectivity index (χ1n) is 10.5. The number of piperidine rings is 1. The number of anilines is 1. The van der Waals surface area contributed by atoms with E-state index in [0.29, 0.717) is 17.8 Å². The third kappa shape index (κ3) is 5.02. The third-order valence-corrected chi connectivity index (χ3v) is 5.92. The molecular weight excluding hydrogens is 410 g/mol. The Morgan fingerprint density at radius 3 is 2.81 bits per heavy atom. The summed E-state index contributed by atoms with van der Waals surface area (Å²) in [7, 11) is 0. The fourth-order valence-electron chi connectivity index (χ4n) is 4.23. The van der Waals surface area contributed by atoms with E-state index in [0.717, 1.165) is 42.2 Å². The molecule has 0 bridgehead atoms. The average Bonchev–Trinajstić information content (AvgIpc) is 2.73. The van der Waals surface area contributed by atoms with Crippen LogP contribution in [0.5, 0.6) is 0 Å². The molecule has 2 N–H and O–H groups in total. The third-order valence-electron chi connectivity index (χ3n) is 5.69.